The summed E-state index contributed by atoms with van der Waals surface area (Å²) in [6, 6.07) is 1.62. The minimum Gasteiger partial charge on any atom is -0.376 e. The number of hydrogen-bond acceptors (Lipinski definition) is 5. The highest BCUT2D eigenvalue weighted by Gasteiger charge is 2.50. The maximum atomic E-state index is 13.6. The summed E-state index contributed by atoms with van der Waals surface area (Å²) in [7, 11) is 0. The molecule has 0 spiro atoms. The van der Waals surface area contributed by atoms with Crippen LogP contribution in [0.3, 0.4) is 0 Å². The smallest absolute Gasteiger partial charge is 0.294 e. The molecule has 3 N–H and O–H groups in total. The average molecular weight is 316 g/mol. The lowest BCUT2D eigenvalue weighted by molar-refractivity contribution is -0.384. The predicted molar refractivity (Wildman–Crippen MR) is 75.9 cm³/mol. The van der Waals surface area contributed by atoms with Crippen LogP contribution in [0.4, 0.5) is 15.8 Å². The van der Waals surface area contributed by atoms with E-state index in [1.807, 2.05) is 0 Å². The number of ether oxygens (including phenoxy) is 1. The van der Waals surface area contributed by atoms with Gasteiger partial charge in [0.1, 0.15) is 11.5 Å². The van der Waals surface area contributed by atoms with Crippen molar-refractivity contribution in [3.8, 4) is 0 Å². The van der Waals surface area contributed by atoms with Gasteiger partial charge < -0.3 is 15.8 Å². The SMILES string of the molecule is NC1C2CCCOC2C1Nc1cc(F)c(Cl)cc1[N+](=O)[O-]. The molecule has 4 atom stereocenters. The third-order valence-electron chi connectivity index (χ3n) is 4.23. The quantitative estimate of drug-likeness (QED) is 0.660. The van der Waals surface area contributed by atoms with Gasteiger partial charge in [-0.15, -0.1) is 0 Å². The van der Waals surface area contributed by atoms with Crippen molar-refractivity contribution in [1.29, 1.82) is 0 Å². The third-order valence-corrected chi connectivity index (χ3v) is 4.52. The molecule has 2 aliphatic rings. The van der Waals surface area contributed by atoms with Crippen molar-refractivity contribution >= 4 is 23.0 Å². The van der Waals surface area contributed by atoms with E-state index in [1.54, 1.807) is 0 Å². The number of fused-ring (bicyclic) bond motifs is 1. The second-order valence-corrected chi connectivity index (χ2v) is 5.84. The summed E-state index contributed by atoms with van der Waals surface area (Å²) < 4.78 is 19.2. The Bertz CT molecular complexity index is 586. The lowest BCUT2D eigenvalue weighted by Gasteiger charge is -2.52. The number of anilines is 1. The molecule has 1 saturated carbocycles. The summed E-state index contributed by atoms with van der Waals surface area (Å²) in [6.07, 6.45) is 1.88. The monoisotopic (exact) mass is 315 g/mol. The molecule has 0 amide bonds. The molecule has 1 aromatic carbocycles. The van der Waals surface area contributed by atoms with E-state index in [4.69, 9.17) is 22.1 Å². The van der Waals surface area contributed by atoms with E-state index in [0.717, 1.165) is 25.0 Å². The topological polar surface area (TPSA) is 90.4 Å². The summed E-state index contributed by atoms with van der Waals surface area (Å²) in [5, 5.41) is 13.7. The van der Waals surface area contributed by atoms with Gasteiger partial charge in [0.2, 0.25) is 0 Å². The van der Waals surface area contributed by atoms with Crippen molar-refractivity contribution in [3.05, 3.63) is 33.1 Å². The summed E-state index contributed by atoms with van der Waals surface area (Å²) in [4.78, 5) is 10.5. The van der Waals surface area contributed by atoms with E-state index >= 15 is 0 Å². The first-order valence-electron chi connectivity index (χ1n) is 6.76. The van der Waals surface area contributed by atoms with Crippen molar-refractivity contribution in [2.75, 3.05) is 11.9 Å². The van der Waals surface area contributed by atoms with Crippen LogP contribution in [0.15, 0.2) is 12.1 Å². The highest BCUT2D eigenvalue weighted by Crippen LogP contribution is 2.40. The first-order valence-corrected chi connectivity index (χ1v) is 7.14. The van der Waals surface area contributed by atoms with Crippen LogP contribution in [0.2, 0.25) is 5.02 Å². The molecule has 114 valence electrons. The number of nitrogens with two attached hydrogens (primary N) is 1. The number of nitrogens with one attached hydrogen (secondary N) is 1. The van der Waals surface area contributed by atoms with Crippen LogP contribution in [-0.2, 0) is 4.74 Å². The maximum absolute atomic E-state index is 13.6. The molecule has 0 aromatic heterocycles. The number of nitrogens with zero attached hydrogens (tertiary/aromatic N) is 1. The molecule has 21 heavy (non-hydrogen) atoms. The largest absolute Gasteiger partial charge is 0.376 e. The molecule has 0 bridgehead atoms. The first-order chi connectivity index (χ1) is 9.99. The standard InChI is InChI=1S/C13H15ClFN3O3/c14-7-4-10(18(19)20)9(5-8(7)15)17-12-11(16)6-2-1-3-21-13(6)12/h4-6,11-13,17H,1-3,16H2. The van der Waals surface area contributed by atoms with E-state index in [9.17, 15) is 14.5 Å². The summed E-state index contributed by atoms with van der Waals surface area (Å²) >= 11 is 5.60. The highest BCUT2D eigenvalue weighted by atomic mass is 35.5. The highest BCUT2D eigenvalue weighted by molar-refractivity contribution is 6.31. The Balaban J connectivity index is 1.84. The van der Waals surface area contributed by atoms with Crippen LogP contribution in [0, 0.1) is 21.8 Å². The minimum absolute atomic E-state index is 0.0768. The van der Waals surface area contributed by atoms with Gasteiger partial charge >= 0.3 is 0 Å². The van der Waals surface area contributed by atoms with Crippen LogP contribution in [0.25, 0.3) is 0 Å². The fourth-order valence-corrected chi connectivity index (χ4v) is 3.27. The van der Waals surface area contributed by atoms with Crippen molar-refractivity contribution in [2.45, 2.75) is 31.0 Å². The van der Waals surface area contributed by atoms with E-state index < -0.39 is 10.7 Å². The Labute approximate surface area is 125 Å². The zero-order valence-corrected chi connectivity index (χ0v) is 11.8. The molecule has 6 nitrogen and oxygen atoms in total. The number of benzene rings is 1. The van der Waals surface area contributed by atoms with Crippen LogP contribution in [0.5, 0.6) is 0 Å². The fourth-order valence-electron chi connectivity index (χ4n) is 3.11. The van der Waals surface area contributed by atoms with Crippen molar-refractivity contribution < 1.29 is 14.1 Å². The molecule has 1 saturated heterocycles. The molecule has 1 aromatic rings. The molecule has 0 radical (unpaired) electrons. The molecule has 8 heteroatoms. The van der Waals surface area contributed by atoms with Gasteiger partial charge in [-0.25, -0.2) is 4.39 Å². The molecule has 1 aliphatic heterocycles. The minimum atomic E-state index is -0.709. The molecular weight excluding hydrogens is 301 g/mol. The number of nitro groups is 1. The van der Waals surface area contributed by atoms with Crippen LogP contribution in [-0.4, -0.2) is 29.7 Å². The normalized spacial score (nSPS) is 31.2. The molecule has 3 rings (SSSR count). The van der Waals surface area contributed by atoms with Crippen molar-refractivity contribution in [1.82, 2.24) is 0 Å². The van der Waals surface area contributed by atoms with Gasteiger partial charge in [-0.3, -0.25) is 10.1 Å². The second kappa shape index (κ2) is 5.40. The van der Waals surface area contributed by atoms with E-state index in [0.29, 0.717) is 6.61 Å². The van der Waals surface area contributed by atoms with E-state index in [2.05, 4.69) is 5.32 Å². The van der Waals surface area contributed by atoms with Gasteiger partial charge in [-0.1, -0.05) is 11.6 Å². The Hall–Kier alpha value is -1.44. The van der Waals surface area contributed by atoms with Gasteiger partial charge in [0, 0.05) is 30.7 Å². The van der Waals surface area contributed by atoms with Crippen molar-refractivity contribution in [2.24, 2.45) is 11.7 Å². The summed E-state index contributed by atoms with van der Waals surface area (Å²) in [5.74, 6) is -0.453. The van der Waals surface area contributed by atoms with Gasteiger partial charge in [0.25, 0.3) is 5.69 Å². The number of hydrogen-bond donors (Lipinski definition) is 2. The molecule has 2 fully saturated rings. The molecule has 1 heterocycles. The Morgan fingerprint density at radius 3 is 3.00 bits per heavy atom. The second-order valence-electron chi connectivity index (χ2n) is 5.43. The van der Waals surface area contributed by atoms with Crippen molar-refractivity contribution in [3.63, 3.8) is 0 Å². The Morgan fingerprint density at radius 1 is 1.52 bits per heavy atom. The molecule has 1 aliphatic carbocycles. The lowest BCUT2D eigenvalue weighted by Crippen LogP contribution is -2.69. The van der Waals surface area contributed by atoms with Crippen LogP contribution >= 0.6 is 11.6 Å². The number of nitro benzene ring substituents is 1. The zero-order chi connectivity index (χ0) is 15.1. The van der Waals surface area contributed by atoms with E-state index in [-0.39, 0.29) is 40.5 Å². The van der Waals surface area contributed by atoms with Gasteiger partial charge in [-0.2, -0.15) is 0 Å². The zero-order valence-electron chi connectivity index (χ0n) is 11.1. The Morgan fingerprint density at radius 2 is 2.29 bits per heavy atom. The molecule has 4 unspecified atom stereocenters. The van der Waals surface area contributed by atoms with Crippen LogP contribution < -0.4 is 11.1 Å². The van der Waals surface area contributed by atoms with Gasteiger partial charge in [0.15, 0.2) is 0 Å². The van der Waals surface area contributed by atoms with Crippen LogP contribution in [0.1, 0.15) is 12.8 Å². The lowest BCUT2D eigenvalue weighted by atomic mass is 9.68. The number of halogens is 2. The van der Waals surface area contributed by atoms with Gasteiger partial charge in [-0.05, 0) is 12.8 Å². The average Bonchev–Trinajstić information content (AvgIpc) is 2.47. The summed E-state index contributed by atoms with van der Waals surface area (Å²) in [5.41, 5.74) is 5.90. The Kier molecular flexibility index (Phi) is 3.73. The summed E-state index contributed by atoms with van der Waals surface area (Å²) in [6.45, 7) is 0.656. The van der Waals surface area contributed by atoms with Gasteiger partial charge in [0.05, 0.1) is 22.1 Å². The van der Waals surface area contributed by atoms with E-state index in [1.165, 1.54) is 0 Å². The predicted octanol–water partition coefficient (Wildman–Crippen LogP) is 2.30. The molecular formula is C13H15ClFN3O3. The first kappa shape index (κ1) is 14.5. The third kappa shape index (κ3) is 2.45. The fraction of sp³-hybridized carbons (Fsp3) is 0.538. The number of rotatable bonds is 3. The maximum Gasteiger partial charge on any atom is 0.294 e.